The summed E-state index contributed by atoms with van der Waals surface area (Å²) in [5, 5.41) is 21.9. The lowest BCUT2D eigenvalue weighted by Gasteiger charge is -2.23. The first-order chi connectivity index (χ1) is 14.1. The molecule has 6 N–H and O–H groups in total. The zero-order valence-corrected chi connectivity index (χ0v) is 17.9. The molecule has 2 rings (SSSR count). The van der Waals surface area contributed by atoms with E-state index in [1.807, 2.05) is 19.9 Å². The topological polar surface area (TPSA) is 142 Å². The number of sulfonamides is 1. The molecule has 0 heterocycles. The van der Waals surface area contributed by atoms with Crippen molar-refractivity contribution in [2.75, 3.05) is 12.3 Å². The maximum atomic E-state index is 12.9. The van der Waals surface area contributed by atoms with Crippen LogP contribution in [-0.2, 0) is 22.9 Å². The van der Waals surface area contributed by atoms with E-state index in [0.29, 0.717) is 17.7 Å². The summed E-state index contributed by atoms with van der Waals surface area (Å²) >= 11 is 0. The van der Waals surface area contributed by atoms with Crippen LogP contribution in [0.15, 0.2) is 53.4 Å². The molecule has 2 aromatic carbocycles. The number of nitrogens with two attached hydrogens (primary N) is 1. The van der Waals surface area contributed by atoms with E-state index >= 15 is 0 Å². The summed E-state index contributed by atoms with van der Waals surface area (Å²) in [6.45, 7) is 3.61. The van der Waals surface area contributed by atoms with Crippen molar-refractivity contribution in [3.63, 3.8) is 0 Å². The molecule has 0 bridgehead atoms. The molecule has 2 atom stereocenters. The van der Waals surface area contributed by atoms with Gasteiger partial charge in [0.2, 0.25) is 10.0 Å². The Morgan fingerprint density at radius 3 is 2.37 bits per heavy atom. The number of aliphatic hydroxyl groups is 1. The molecular weight excluding hydrogens is 406 g/mol. The van der Waals surface area contributed by atoms with E-state index in [1.54, 1.807) is 30.3 Å². The smallest absolute Gasteiger partial charge is 0.404 e. The summed E-state index contributed by atoms with van der Waals surface area (Å²) < 4.78 is 28.1. The molecule has 0 aliphatic heterocycles. The fourth-order valence-electron chi connectivity index (χ4n) is 3.19. The highest BCUT2D eigenvalue weighted by Crippen LogP contribution is 2.22. The molecule has 0 saturated heterocycles. The minimum absolute atomic E-state index is 0.100. The van der Waals surface area contributed by atoms with Gasteiger partial charge in [0, 0.05) is 12.2 Å². The van der Waals surface area contributed by atoms with E-state index in [2.05, 4.69) is 10.0 Å². The maximum Gasteiger partial charge on any atom is 0.404 e. The van der Waals surface area contributed by atoms with Gasteiger partial charge in [0.15, 0.2) is 0 Å². The second-order valence-corrected chi connectivity index (χ2v) is 9.37. The lowest BCUT2D eigenvalue weighted by Crippen LogP contribution is -2.49. The average Bonchev–Trinajstić information content (AvgIpc) is 2.65. The monoisotopic (exact) mass is 435 g/mol. The van der Waals surface area contributed by atoms with Crippen molar-refractivity contribution < 1.29 is 23.4 Å². The molecular formula is C21H29N3O5S. The Labute approximate surface area is 177 Å². The van der Waals surface area contributed by atoms with Gasteiger partial charge in [-0.05, 0) is 48.1 Å². The Kier molecular flexibility index (Phi) is 8.22. The number of nitrogens with one attached hydrogen (secondary N) is 2. The number of carbonyl (C=O) groups is 1. The van der Waals surface area contributed by atoms with Crippen molar-refractivity contribution in [3.8, 4) is 0 Å². The third-order valence-corrected chi connectivity index (χ3v) is 6.08. The highest BCUT2D eigenvalue weighted by Gasteiger charge is 2.25. The van der Waals surface area contributed by atoms with Crippen LogP contribution in [0.2, 0.25) is 0 Å². The molecule has 0 unspecified atom stereocenters. The van der Waals surface area contributed by atoms with Crippen LogP contribution in [0, 0.1) is 5.92 Å². The largest absolute Gasteiger partial charge is 0.465 e. The van der Waals surface area contributed by atoms with Gasteiger partial charge in [-0.3, -0.25) is 0 Å². The van der Waals surface area contributed by atoms with Gasteiger partial charge in [0.1, 0.15) is 0 Å². The molecule has 0 fully saturated rings. The molecule has 0 aliphatic rings. The first kappa shape index (κ1) is 23.7. The predicted molar refractivity (Wildman–Crippen MR) is 116 cm³/mol. The van der Waals surface area contributed by atoms with E-state index in [0.717, 1.165) is 5.56 Å². The van der Waals surface area contributed by atoms with Crippen molar-refractivity contribution in [3.05, 3.63) is 59.7 Å². The van der Waals surface area contributed by atoms with E-state index in [1.165, 1.54) is 12.1 Å². The van der Waals surface area contributed by atoms with Crippen molar-refractivity contribution in [1.82, 2.24) is 10.0 Å². The van der Waals surface area contributed by atoms with Gasteiger partial charge in [-0.2, -0.15) is 0 Å². The standard InChI is InChI=1S/C21H29N3O5S/c1-14(2)10-16-12-17(22)8-9-20(16)30(28,29)23-13-19(25)18(24-21(26)27)11-15-6-4-3-5-7-15/h3-9,12,14,18-19,23-25H,10-11,13,22H2,1-2H3,(H,26,27)/t18-,19+/m0/s1. The van der Waals surface area contributed by atoms with E-state index in [-0.39, 0.29) is 23.8 Å². The van der Waals surface area contributed by atoms with Gasteiger partial charge >= 0.3 is 6.09 Å². The molecule has 0 aliphatic carbocycles. The number of hydrogen-bond donors (Lipinski definition) is 5. The Morgan fingerprint density at radius 2 is 1.77 bits per heavy atom. The number of benzene rings is 2. The summed E-state index contributed by atoms with van der Waals surface area (Å²) in [5.74, 6) is 0.223. The third kappa shape index (κ3) is 7.01. The molecule has 8 nitrogen and oxygen atoms in total. The maximum absolute atomic E-state index is 12.9. The second-order valence-electron chi connectivity index (χ2n) is 7.63. The first-order valence-corrected chi connectivity index (χ1v) is 11.2. The highest BCUT2D eigenvalue weighted by molar-refractivity contribution is 7.89. The molecule has 30 heavy (non-hydrogen) atoms. The van der Waals surface area contributed by atoms with Gasteiger partial charge in [0.25, 0.3) is 0 Å². The van der Waals surface area contributed by atoms with E-state index < -0.39 is 28.3 Å². The van der Waals surface area contributed by atoms with Crippen molar-refractivity contribution in [1.29, 1.82) is 0 Å². The van der Waals surface area contributed by atoms with Crippen LogP contribution in [0.1, 0.15) is 25.0 Å². The minimum atomic E-state index is -3.92. The van der Waals surface area contributed by atoms with Crippen LogP contribution in [-0.4, -0.2) is 43.4 Å². The number of carboxylic acid groups (broad SMARTS) is 1. The van der Waals surface area contributed by atoms with Crippen LogP contribution in [0.4, 0.5) is 10.5 Å². The fourth-order valence-corrected chi connectivity index (χ4v) is 4.47. The predicted octanol–water partition coefficient (Wildman–Crippen LogP) is 1.99. The SMILES string of the molecule is CC(C)Cc1cc(N)ccc1S(=O)(=O)NC[C@@H](O)[C@H](Cc1ccccc1)NC(=O)O. The zero-order chi connectivity index (χ0) is 22.3. The molecule has 0 saturated carbocycles. The van der Waals surface area contributed by atoms with Gasteiger partial charge in [-0.1, -0.05) is 44.2 Å². The minimum Gasteiger partial charge on any atom is -0.465 e. The van der Waals surface area contributed by atoms with E-state index in [4.69, 9.17) is 10.8 Å². The summed E-state index contributed by atoms with van der Waals surface area (Å²) in [6.07, 6.45) is -1.81. The Morgan fingerprint density at radius 1 is 1.10 bits per heavy atom. The van der Waals surface area contributed by atoms with Gasteiger partial charge in [0.05, 0.1) is 17.0 Å². The van der Waals surface area contributed by atoms with Gasteiger partial charge < -0.3 is 21.3 Å². The lowest BCUT2D eigenvalue weighted by atomic mass is 10.0. The number of aliphatic hydroxyl groups excluding tert-OH is 1. The van der Waals surface area contributed by atoms with Crippen LogP contribution >= 0.6 is 0 Å². The number of anilines is 1. The number of rotatable bonds is 10. The summed E-state index contributed by atoms with van der Waals surface area (Å²) in [6, 6.07) is 12.8. The summed E-state index contributed by atoms with van der Waals surface area (Å²) in [5.41, 5.74) is 7.69. The third-order valence-electron chi connectivity index (χ3n) is 4.56. The molecule has 9 heteroatoms. The first-order valence-electron chi connectivity index (χ1n) is 9.68. The van der Waals surface area contributed by atoms with Crippen LogP contribution in [0.25, 0.3) is 0 Å². The van der Waals surface area contributed by atoms with Gasteiger partial charge in [-0.15, -0.1) is 0 Å². The second kappa shape index (κ2) is 10.4. The quantitative estimate of drug-likeness (QED) is 0.361. The fraction of sp³-hybridized carbons (Fsp3) is 0.381. The molecule has 1 amide bonds. The average molecular weight is 436 g/mol. The Bertz CT molecular complexity index is 948. The normalized spacial score (nSPS) is 13.7. The number of nitrogen functional groups attached to an aromatic ring is 1. The number of amides is 1. The van der Waals surface area contributed by atoms with Gasteiger partial charge in [-0.25, -0.2) is 17.9 Å². The highest BCUT2D eigenvalue weighted by atomic mass is 32.2. The summed E-state index contributed by atoms with van der Waals surface area (Å²) in [7, 11) is -3.92. The van der Waals surface area contributed by atoms with Crippen LogP contribution in [0.3, 0.4) is 0 Å². The molecule has 0 radical (unpaired) electrons. The van der Waals surface area contributed by atoms with Crippen molar-refractivity contribution >= 4 is 21.8 Å². The summed E-state index contributed by atoms with van der Waals surface area (Å²) in [4.78, 5) is 11.2. The lowest BCUT2D eigenvalue weighted by molar-refractivity contribution is 0.122. The van der Waals surface area contributed by atoms with Crippen molar-refractivity contribution in [2.45, 2.75) is 43.7 Å². The van der Waals surface area contributed by atoms with Crippen molar-refractivity contribution in [2.24, 2.45) is 5.92 Å². The Balaban J connectivity index is 2.15. The molecule has 2 aromatic rings. The zero-order valence-electron chi connectivity index (χ0n) is 17.1. The molecule has 0 spiro atoms. The van der Waals surface area contributed by atoms with E-state index in [9.17, 15) is 18.3 Å². The van der Waals surface area contributed by atoms with Crippen LogP contribution in [0.5, 0.6) is 0 Å². The molecule has 164 valence electrons. The van der Waals surface area contributed by atoms with Crippen LogP contribution < -0.4 is 15.8 Å². The molecule has 0 aromatic heterocycles. The number of hydrogen-bond acceptors (Lipinski definition) is 5. The Hall–Kier alpha value is -2.62.